The van der Waals surface area contributed by atoms with Gasteiger partial charge in [0.25, 0.3) is 0 Å². The number of hydrogen-bond acceptors (Lipinski definition) is 3. The number of benzene rings is 1. The molecule has 1 aromatic carbocycles. The quantitative estimate of drug-likeness (QED) is 0.387. The Balaban J connectivity index is 2.31. The molecule has 0 aliphatic heterocycles. The second-order valence-corrected chi connectivity index (χ2v) is 7.40. The van der Waals surface area contributed by atoms with Crippen molar-refractivity contribution in [3.63, 3.8) is 0 Å². The van der Waals surface area contributed by atoms with Crippen LogP contribution in [0.3, 0.4) is 0 Å². The van der Waals surface area contributed by atoms with Gasteiger partial charge in [-0.05, 0) is 77.8 Å². The second-order valence-electron chi connectivity index (χ2n) is 7.40. The smallest absolute Gasteiger partial charge is 0.0849 e. The molecule has 0 saturated heterocycles. The van der Waals surface area contributed by atoms with Crippen LogP contribution in [0.5, 0.6) is 0 Å². The zero-order valence-corrected chi connectivity index (χ0v) is 18.7. The largest absolute Gasteiger partial charge is 0.252 e. The number of allylic oxidation sites excluding steroid dienone is 4. The molecule has 0 unspecified atom stereocenters. The van der Waals surface area contributed by atoms with E-state index >= 15 is 0 Å². The molecule has 3 heteroatoms. The first kappa shape index (κ1) is 22.2. The van der Waals surface area contributed by atoms with Crippen LogP contribution in [0.25, 0.3) is 0 Å². The Labute approximate surface area is 175 Å². The molecule has 1 heterocycles. The van der Waals surface area contributed by atoms with E-state index in [1.807, 2.05) is 45.9 Å². The molecule has 2 aromatic rings. The van der Waals surface area contributed by atoms with Crippen LogP contribution in [0.15, 0.2) is 82.0 Å². The van der Waals surface area contributed by atoms with Crippen molar-refractivity contribution in [2.75, 3.05) is 0 Å². The topological polar surface area (TPSA) is 37.6 Å². The molecular weight excluding hydrogens is 354 g/mol. The molecule has 0 atom stereocenters. The number of aromatic nitrogens is 1. The van der Waals surface area contributed by atoms with E-state index in [0.717, 1.165) is 45.3 Å². The number of rotatable bonds is 6. The predicted octanol–water partition coefficient (Wildman–Crippen LogP) is 7.07. The van der Waals surface area contributed by atoms with Gasteiger partial charge in [0, 0.05) is 0 Å². The van der Waals surface area contributed by atoms with Crippen molar-refractivity contribution in [3.8, 4) is 0 Å². The van der Waals surface area contributed by atoms with E-state index in [9.17, 15) is 0 Å². The summed E-state index contributed by atoms with van der Waals surface area (Å²) in [5.74, 6) is 0. The normalized spacial score (nSPS) is 13.6. The molecule has 1 aromatic heterocycles. The van der Waals surface area contributed by atoms with E-state index in [4.69, 9.17) is 9.98 Å². The van der Waals surface area contributed by atoms with Gasteiger partial charge in [-0.25, -0.2) is 4.98 Å². The number of pyridine rings is 1. The fourth-order valence-corrected chi connectivity index (χ4v) is 2.86. The third-order valence-corrected chi connectivity index (χ3v) is 4.79. The summed E-state index contributed by atoms with van der Waals surface area (Å²) >= 11 is 0. The maximum atomic E-state index is 4.78. The Kier molecular flexibility index (Phi) is 7.60. The Morgan fingerprint density at radius 1 is 0.966 bits per heavy atom. The minimum atomic E-state index is 0.747. The lowest BCUT2D eigenvalue weighted by atomic mass is 10.1. The van der Waals surface area contributed by atoms with E-state index in [-0.39, 0.29) is 0 Å². The Bertz CT molecular complexity index is 1030. The van der Waals surface area contributed by atoms with Crippen molar-refractivity contribution in [2.45, 2.75) is 48.5 Å². The van der Waals surface area contributed by atoms with Gasteiger partial charge in [-0.1, -0.05) is 48.1 Å². The molecule has 29 heavy (non-hydrogen) atoms. The molecule has 0 fully saturated rings. The molecule has 0 bridgehead atoms. The maximum absolute atomic E-state index is 4.78. The summed E-state index contributed by atoms with van der Waals surface area (Å²) < 4.78 is 0. The number of hydrogen-bond donors (Lipinski definition) is 0. The van der Waals surface area contributed by atoms with Crippen LogP contribution in [-0.4, -0.2) is 16.4 Å². The van der Waals surface area contributed by atoms with Crippen molar-refractivity contribution < 1.29 is 0 Å². The predicted molar refractivity (Wildman–Crippen MR) is 127 cm³/mol. The fraction of sp³-hybridized carbons (Fsp3) is 0.269. The van der Waals surface area contributed by atoms with E-state index in [2.05, 4.69) is 62.7 Å². The first-order valence-electron chi connectivity index (χ1n) is 9.87. The Hall–Kier alpha value is -3.07. The van der Waals surface area contributed by atoms with Crippen LogP contribution < -0.4 is 0 Å². The summed E-state index contributed by atoms with van der Waals surface area (Å²) in [5, 5.41) is 0. The number of nitrogens with zero attached hydrogens (tertiary/aromatic N) is 3. The summed E-state index contributed by atoms with van der Waals surface area (Å²) in [7, 11) is 0. The average molecular weight is 386 g/mol. The van der Waals surface area contributed by atoms with Gasteiger partial charge in [0.15, 0.2) is 0 Å². The highest BCUT2D eigenvalue weighted by Gasteiger charge is 2.06. The van der Waals surface area contributed by atoms with Gasteiger partial charge in [0.2, 0.25) is 0 Å². The first-order chi connectivity index (χ1) is 13.7. The molecule has 0 radical (unpaired) electrons. The molecular formula is C26H31N3. The highest BCUT2D eigenvalue weighted by Crippen LogP contribution is 2.21. The molecule has 0 saturated carbocycles. The van der Waals surface area contributed by atoms with Crippen LogP contribution in [-0.2, 0) is 0 Å². The van der Waals surface area contributed by atoms with E-state index in [1.54, 1.807) is 0 Å². The third kappa shape index (κ3) is 6.21. The number of aliphatic imine (C=N–C) groups is 2. The highest BCUT2D eigenvalue weighted by molar-refractivity contribution is 6.02. The summed E-state index contributed by atoms with van der Waals surface area (Å²) in [6, 6.07) is 12.2. The lowest BCUT2D eigenvalue weighted by molar-refractivity contribution is 1.21. The van der Waals surface area contributed by atoms with Crippen molar-refractivity contribution in [2.24, 2.45) is 9.98 Å². The molecule has 150 valence electrons. The summed E-state index contributed by atoms with van der Waals surface area (Å²) in [4.78, 5) is 14.2. The van der Waals surface area contributed by atoms with Gasteiger partial charge in [-0.2, -0.15) is 0 Å². The monoisotopic (exact) mass is 385 g/mol. The molecule has 0 aliphatic carbocycles. The molecule has 0 amide bonds. The minimum absolute atomic E-state index is 0.747. The van der Waals surface area contributed by atoms with Crippen LogP contribution in [0.2, 0.25) is 0 Å². The molecule has 2 rings (SSSR count). The van der Waals surface area contributed by atoms with Crippen LogP contribution in [0, 0.1) is 13.8 Å². The van der Waals surface area contributed by atoms with Crippen LogP contribution in [0.4, 0.5) is 5.69 Å². The Morgan fingerprint density at radius 2 is 1.62 bits per heavy atom. The van der Waals surface area contributed by atoms with Gasteiger partial charge >= 0.3 is 0 Å². The van der Waals surface area contributed by atoms with Crippen molar-refractivity contribution >= 4 is 17.1 Å². The average Bonchev–Trinajstić information content (AvgIpc) is 2.69. The van der Waals surface area contributed by atoms with Crippen molar-refractivity contribution in [1.29, 1.82) is 0 Å². The Morgan fingerprint density at radius 3 is 2.24 bits per heavy atom. The van der Waals surface area contributed by atoms with Crippen molar-refractivity contribution in [1.82, 2.24) is 4.98 Å². The van der Waals surface area contributed by atoms with Gasteiger partial charge in [-0.3, -0.25) is 9.98 Å². The van der Waals surface area contributed by atoms with Gasteiger partial charge < -0.3 is 0 Å². The van der Waals surface area contributed by atoms with Gasteiger partial charge in [0.1, 0.15) is 0 Å². The van der Waals surface area contributed by atoms with E-state index in [1.165, 1.54) is 11.1 Å². The lowest BCUT2D eigenvalue weighted by Gasteiger charge is -2.07. The lowest BCUT2D eigenvalue weighted by Crippen LogP contribution is -2.05. The highest BCUT2D eigenvalue weighted by atomic mass is 14.8. The zero-order chi connectivity index (χ0) is 21.6. The third-order valence-electron chi connectivity index (χ3n) is 4.79. The van der Waals surface area contributed by atoms with Gasteiger partial charge in [0.05, 0.1) is 34.2 Å². The summed E-state index contributed by atoms with van der Waals surface area (Å²) in [6.07, 6.45) is 4.15. The number of aryl methyl sites for hydroxylation is 2. The molecule has 3 nitrogen and oxygen atoms in total. The molecule has 0 spiro atoms. The van der Waals surface area contributed by atoms with E-state index in [0.29, 0.717) is 0 Å². The SMILES string of the molecule is C=C(/N=C(\C)c1cccc(/C(C)=N/c2ccc(C)cc2C)n1)/C(C)=C\C(C)=C/C. The summed E-state index contributed by atoms with van der Waals surface area (Å²) in [5.41, 5.74) is 9.74. The second kappa shape index (κ2) is 9.92. The maximum Gasteiger partial charge on any atom is 0.0849 e. The zero-order valence-electron chi connectivity index (χ0n) is 18.7. The standard InChI is InChI=1S/C26H31N3/c1-9-17(2)15-19(4)21(6)27-22(7)25-11-10-12-26(29-25)23(8)28-24-14-13-18(3)16-20(24)5/h9-16H,6H2,1-5,7-8H3/b17-9-,19-15-,27-22+,28-23+. The van der Waals surface area contributed by atoms with Gasteiger partial charge in [-0.15, -0.1) is 0 Å². The minimum Gasteiger partial charge on any atom is -0.252 e. The van der Waals surface area contributed by atoms with Crippen molar-refractivity contribution in [3.05, 3.63) is 94.5 Å². The fourth-order valence-electron chi connectivity index (χ4n) is 2.86. The molecule has 0 N–H and O–H groups in total. The first-order valence-corrected chi connectivity index (χ1v) is 9.87. The summed E-state index contributed by atoms with van der Waals surface area (Å²) in [6.45, 7) is 18.3. The van der Waals surface area contributed by atoms with Crippen LogP contribution >= 0.6 is 0 Å². The molecule has 0 aliphatic rings. The van der Waals surface area contributed by atoms with E-state index < -0.39 is 0 Å². The van der Waals surface area contributed by atoms with Crippen LogP contribution in [0.1, 0.15) is 57.1 Å².